The monoisotopic (exact) mass is 198 g/mol. The largest absolute Gasteiger partial charge is 0.398 e. The maximum atomic E-state index is 10.8. The fourth-order valence-electron chi connectivity index (χ4n) is 0.982. The lowest BCUT2D eigenvalue weighted by molar-refractivity contribution is -0.114. The molecule has 0 radical (unpaired) electrons. The average Bonchev–Trinajstić information content (AvgIpc) is 1.99. The zero-order valence-corrected chi connectivity index (χ0v) is 8.27. The first-order chi connectivity index (χ1) is 6.00. The SMILES string of the molecule is CC(=O)Nc1cc(C)c(N)cc1Cl. The lowest BCUT2D eigenvalue weighted by Crippen LogP contribution is -2.06. The zero-order valence-electron chi connectivity index (χ0n) is 7.52. The third-order valence-electron chi connectivity index (χ3n) is 1.67. The van der Waals surface area contributed by atoms with Crippen molar-refractivity contribution in [1.82, 2.24) is 0 Å². The molecule has 0 heterocycles. The number of benzene rings is 1. The highest BCUT2D eigenvalue weighted by Gasteiger charge is 2.04. The number of nitrogens with two attached hydrogens (primary N) is 1. The molecule has 0 saturated carbocycles. The number of rotatable bonds is 1. The van der Waals surface area contributed by atoms with Crippen molar-refractivity contribution in [3.63, 3.8) is 0 Å². The van der Waals surface area contributed by atoms with Gasteiger partial charge in [0.2, 0.25) is 5.91 Å². The number of hydrogen-bond acceptors (Lipinski definition) is 2. The van der Waals surface area contributed by atoms with Gasteiger partial charge >= 0.3 is 0 Å². The van der Waals surface area contributed by atoms with Crippen molar-refractivity contribution in [1.29, 1.82) is 0 Å². The van der Waals surface area contributed by atoms with Crippen LogP contribution < -0.4 is 11.1 Å². The van der Waals surface area contributed by atoms with Gasteiger partial charge in [-0.25, -0.2) is 0 Å². The number of carbonyl (C=O) groups excluding carboxylic acids is 1. The van der Waals surface area contributed by atoms with E-state index in [-0.39, 0.29) is 5.91 Å². The van der Waals surface area contributed by atoms with Gasteiger partial charge in [0.15, 0.2) is 0 Å². The number of nitrogen functional groups attached to an aromatic ring is 1. The van der Waals surface area contributed by atoms with E-state index in [2.05, 4.69) is 5.32 Å². The van der Waals surface area contributed by atoms with Gasteiger partial charge in [-0.3, -0.25) is 4.79 Å². The molecule has 0 aliphatic carbocycles. The molecule has 0 bridgehead atoms. The fourth-order valence-corrected chi connectivity index (χ4v) is 1.20. The standard InChI is InChI=1S/C9H11ClN2O/c1-5-3-9(12-6(2)13)7(10)4-8(5)11/h3-4H,11H2,1-2H3,(H,12,13). The number of anilines is 2. The van der Waals surface area contributed by atoms with E-state index in [1.807, 2.05) is 6.92 Å². The minimum absolute atomic E-state index is 0.147. The van der Waals surface area contributed by atoms with Gasteiger partial charge in [0, 0.05) is 12.6 Å². The summed E-state index contributed by atoms with van der Waals surface area (Å²) in [4.78, 5) is 10.8. The van der Waals surface area contributed by atoms with Gasteiger partial charge in [0.05, 0.1) is 10.7 Å². The summed E-state index contributed by atoms with van der Waals surface area (Å²) < 4.78 is 0. The van der Waals surface area contributed by atoms with Crippen LogP contribution in [0.3, 0.4) is 0 Å². The highest BCUT2D eigenvalue weighted by Crippen LogP contribution is 2.26. The molecule has 1 aromatic carbocycles. The Morgan fingerprint density at radius 2 is 2.15 bits per heavy atom. The molecule has 70 valence electrons. The van der Waals surface area contributed by atoms with E-state index >= 15 is 0 Å². The molecule has 0 aromatic heterocycles. The van der Waals surface area contributed by atoms with Crippen LogP contribution in [-0.4, -0.2) is 5.91 Å². The van der Waals surface area contributed by atoms with Crippen LogP contribution in [-0.2, 0) is 4.79 Å². The molecule has 0 aliphatic heterocycles. The number of nitrogens with one attached hydrogen (secondary N) is 1. The van der Waals surface area contributed by atoms with Crippen LogP contribution in [0.4, 0.5) is 11.4 Å². The lowest BCUT2D eigenvalue weighted by atomic mass is 10.2. The predicted octanol–water partition coefficient (Wildman–Crippen LogP) is 2.19. The molecule has 13 heavy (non-hydrogen) atoms. The Balaban J connectivity index is 3.08. The summed E-state index contributed by atoms with van der Waals surface area (Å²) in [5, 5.41) is 3.07. The molecule has 1 amide bonds. The van der Waals surface area contributed by atoms with E-state index in [9.17, 15) is 4.79 Å². The Hall–Kier alpha value is -1.22. The molecule has 0 fully saturated rings. The summed E-state index contributed by atoms with van der Waals surface area (Å²) in [6.45, 7) is 3.29. The molecule has 0 atom stereocenters. The average molecular weight is 199 g/mol. The quantitative estimate of drug-likeness (QED) is 0.680. The first-order valence-electron chi connectivity index (χ1n) is 3.84. The third-order valence-corrected chi connectivity index (χ3v) is 1.98. The number of halogens is 1. The molecule has 3 nitrogen and oxygen atoms in total. The zero-order chi connectivity index (χ0) is 10.0. The number of amides is 1. The van der Waals surface area contributed by atoms with Crippen molar-refractivity contribution >= 4 is 28.9 Å². The van der Waals surface area contributed by atoms with Crippen molar-refractivity contribution < 1.29 is 4.79 Å². The molecule has 0 spiro atoms. The molecule has 3 N–H and O–H groups in total. The Bertz CT molecular complexity index is 350. The maximum absolute atomic E-state index is 10.8. The molecule has 0 saturated heterocycles. The maximum Gasteiger partial charge on any atom is 0.221 e. The molecule has 1 rings (SSSR count). The first kappa shape index (κ1) is 9.86. The van der Waals surface area contributed by atoms with Crippen molar-refractivity contribution in [3.8, 4) is 0 Å². The van der Waals surface area contributed by atoms with Crippen molar-refractivity contribution in [3.05, 3.63) is 22.7 Å². The topological polar surface area (TPSA) is 55.1 Å². The van der Waals surface area contributed by atoms with Crippen molar-refractivity contribution in [2.75, 3.05) is 11.1 Å². The van der Waals surface area contributed by atoms with Gasteiger partial charge in [-0.05, 0) is 24.6 Å². The molecular weight excluding hydrogens is 188 g/mol. The smallest absolute Gasteiger partial charge is 0.221 e. The molecular formula is C9H11ClN2O. The first-order valence-corrected chi connectivity index (χ1v) is 4.21. The van der Waals surface area contributed by atoms with E-state index in [4.69, 9.17) is 17.3 Å². The van der Waals surface area contributed by atoms with E-state index in [1.165, 1.54) is 6.92 Å². The number of aryl methyl sites for hydroxylation is 1. The summed E-state index contributed by atoms with van der Waals surface area (Å²) in [5.74, 6) is -0.147. The second-order valence-electron chi connectivity index (χ2n) is 2.87. The molecule has 1 aromatic rings. The summed E-state index contributed by atoms with van der Waals surface area (Å²) in [5.41, 5.74) is 7.74. The molecule has 0 aliphatic rings. The van der Waals surface area contributed by atoms with Crippen LogP contribution in [0.2, 0.25) is 5.02 Å². The van der Waals surface area contributed by atoms with Crippen LogP contribution in [0.5, 0.6) is 0 Å². The van der Waals surface area contributed by atoms with Crippen LogP contribution >= 0.6 is 11.6 Å². The van der Waals surface area contributed by atoms with Gasteiger partial charge in [-0.2, -0.15) is 0 Å². The van der Waals surface area contributed by atoms with Gasteiger partial charge in [0.1, 0.15) is 0 Å². The number of hydrogen-bond donors (Lipinski definition) is 2. The van der Waals surface area contributed by atoms with E-state index in [0.29, 0.717) is 16.4 Å². The molecule has 0 unspecified atom stereocenters. The fraction of sp³-hybridized carbons (Fsp3) is 0.222. The van der Waals surface area contributed by atoms with Crippen LogP contribution in [0.15, 0.2) is 12.1 Å². The number of carbonyl (C=O) groups is 1. The van der Waals surface area contributed by atoms with Gasteiger partial charge in [0.25, 0.3) is 0 Å². The van der Waals surface area contributed by atoms with E-state index < -0.39 is 0 Å². The minimum Gasteiger partial charge on any atom is -0.398 e. The normalized spacial score (nSPS) is 9.77. The van der Waals surface area contributed by atoms with Crippen LogP contribution in [0.1, 0.15) is 12.5 Å². The van der Waals surface area contributed by atoms with Crippen LogP contribution in [0, 0.1) is 6.92 Å². The summed E-state index contributed by atoms with van der Waals surface area (Å²) >= 11 is 5.85. The highest BCUT2D eigenvalue weighted by molar-refractivity contribution is 6.34. The van der Waals surface area contributed by atoms with E-state index in [1.54, 1.807) is 12.1 Å². The summed E-state index contributed by atoms with van der Waals surface area (Å²) in [6.07, 6.45) is 0. The Morgan fingerprint density at radius 3 is 2.69 bits per heavy atom. The lowest BCUT2D eigenvalue weighted by Gasteiger charge is -2.07. The Morgan fingerprint density at radius 1 is 1.54 bits per heavy atom. The van der Waals surface area contributed by atoms with Gasteiger partial charge in [-0.15, -0.1) is 0 Å². The second-order valence-corrected chi connectivity index (χ2v) is 3.28. The summed E-state index contributed by atoms with van der Waals surface area (Å²) in [7, 11) is 0. The van der Waals surface area contributed by atoms with Gasteiger partial charge < -0.3 is 11.1 Å². The van der Waals surface area contributed by atoms with Crippen LogP contribution in [0.25, 0.3) is 0 Å². The Labute approximate surface area is 81.9 Å². The van der Waals surface area contributed by atoms with E-state index in [0.717, 1.165) is 5.56 Å². The van der Waals surface area contributed by atoms with Crippen molar-refractivity contribution in [2.45, 2.75) is 13.8 Å². The second kappa shape index (κ2) is 3.66. The predicted molar refractivity (Wildman–Crippen MR) is 54.9 cm³/mol. The van der Waals surface area contributed by atoms with Crippen molar-refractivity contribution in [2.24, 2.45) is 0 Å². The van der Waals surface area contributed by atoms with Gasteiger partial charge in [-0.1, -0.05) is 11.6 Å². The Kier molecular flexibility index (Phi) is 2.78. The minimum atomic E-state index is -0.147. The highest BCUT2D eigenvalue weighted by atomic mass is 35.5. The summed E-state index contributed by atoms with van der Waals surface area (Å²) in [6, 6.07) is 3.38. The third kappa shape index (κ3) is 2.36. The molecule has 4 heteroatoms.